The Labute approximate surface area is 157 Å². The Bertz CT molecular complexity index is 696. The SMILES string of the molecule is CCCCCCOc1ccc(NCC(=O)Nc2cc(C)ccc2C)cc1. The van der Waals surface area contributed by atoms with Gasteiger partial charge in [-0.3, -0.25) is 4.79 Å². The molecule has 2 N–H and O–H groups in total. The Morgan fingerprint density at radius 1 is 1.00 bits per heavy atom. The maximum absolute atomic E-state index is 12.1. The van der Waals surface area contributed by atoms with Gasteiger partial charge in [-0.1, -0.05) is 38.3 Å². The highest BCUT2D eigenvalue weighted by Crippen LogP contribution is 2.18. The van der Waals surface area contributed by atoms with Crippen molar-refractivity contribution in [3.8, 4) is 5.75 Å². The van der Waals surface area contributed by atoms with Gasteiger partial charge in [-0.05, 0) is 61.7 Å². The predicted molar refractivity (Wildman–Crippen MR) is 109 cm³/mol. The molecule has 4 nitrogen and oxygen atoms in total. The van der Waals surface area contributed by atoms with Gasteiger partial charge in [0.25, 0.3) is 0 Å². The molecule has 140 valence electrons. The molecule has 0 aliphatic rings. The van der Waals surface area contributed by atoms with Crippen LogP contribution in [0.5, 0.6) is 5.75 Å². The summed E-state index contributed by atoms with van der Waals surface area (Å²) in [5.74, 6) is 0.807. The van der Waals surface area contributed by atoms with E-state index in [-0.39, 0.29) is 12.5 Å². The first-order valence-electron chi connectivity index (χ1n) is 9.42. The lowest BCUT2D eigenvalue weighted by molar-refractivity contribution is -0.114. The molecule has 26 heavy (non-hydrogen) atoms. The predicted octanol–water partition coefficient (Wildman–Crippen LogP) is 5.31. The van der Waals surface area contributed by atoms with Gasteiger partial charge in [-0.25, -0.2) is 0 Å². The first-order chi connectivity index (χ1) is 12.6. The Kier molecular flexibility index (Phi) is 8.00. The molecule has 0 fully saturated rings. The van der Waals surface area contributed by atoms with E-state index in [9.17, 15) is 4.79 Å². The number of nitrogens with one attached hydrogen (secondary N) is 2. The standard InChI is InChI=1S/C22H30N2O2/c1-4-5-6-7-14-26-20-12-10-19(11-13-20)23-16-22(25)24-21-15-17(2)8-9-18(21)3/h8-13,15,23H,4-7,14,16H2,1-3H3,(H,24,25). The highest BCUT2D eigenvalue weighted by molar-refractivity contribution is 5.94. The zero-order valence-electron chi connectivity index (χ0n) is 16.1. The number of carbonyl (C=O) groups excluding carboxylic acids is 1. The van der Waals surface area contributed by atoms with Gasteiger partial charge in [-0.2, -0.15) is 0 Å². The highest BCUT2D eigenvalue weighted by atomic mass is 16.5. The Balaban J connectivity index is 1.75. The number of ether oxygens (including phenoxy) is 1. The number of aryl methyl sites for hydroxylation is 2. The van der Waals surface area contributed by atoms with E-state index >= 15 is 0 Å². The van der Waals surface area contributed by atoms with E-state index in [0.717, 1.165) is 41.3 Å². The van der Waals surface area contributed by atoms with Crippen LogP contribution < -0.4 is 15.4 Å². The summed E-state index contributed by atoms with van der Waals surface area (Å²) in [7, 11) is 0. The van der Waals surface area contributed by atoms with Crippen LogP contribution in [0, 0.1) is 13.8 Å². The van der Waals surface area contributed by atoms with Gasteiger partial charge in [0.2, 0.25) is 5.91 Å². The van der Waals surface area contributed by atoms with Gasteiger partial charge in [0.05, 0.1) is 13.2 Å². The zero-order valence-corrected chi connectivity index (χ0v) is 16.1. The largest absolute Gasteiger partial charge is 0.494 e. The van der Waals surface area contributed by atoms with Crippen LogP contribution in [0.1, 0.15) is 43.7 Å². The van der Waals surface area contributed by atoms with E-state index in [1.807, 2.05) is 56.3 Å². The average molecular weight is 354 g/mol. The smallest absolute Gasteiger partial charge is 0.243 e. The third-order valence-electron chi connectivity index (χ3n) is 4.24. The van der Waals surface area contributed by atoms with Gasteiger partial charge >= 0.3 is 0 Å². The summed E-state index contributed by atoms with van der Waals surface area (Å²) >= 11 is 0. The normalized spacial score (nSPS) is 10.4. The van der Waals surface area contributed by atoms with Crippen molar-refractivity contribution in [3.63, 3.8) is 0 Å². The Hall–Kier alpha value is -2.49. The minimum atomic E-state index is -0.0602. The molecule has 0 saturated carbocycles. The van der Waals surface area contributed by atoms with Crippen LogP contribution in [0.3, 0.4) is 0 Å². The lowest BCUT2D eigenvalue weighted by Crippen LogP contribution is -2.22. The summed E-state index contributed by atoms with van der Waals surface area (Å²) in [5.41, 5.74) is 3.96. The highest BCUT2D eigenvalue weighted by Gasteiger charge is 2.05. The van der Waals surface area contributed by atoms with E-state index in [4.69, 9.17) is 4.74 Å². The van der Waals surface area contributed by atoms with E-state index in [2.05, 4.69) is 17.6 Å². The fourth-order valence-corrected chi connectivity index (χ4v) is 2.64. The zero-order chi connectivity index (χ0) is 18.8. The van der Waals surface area contributed by atoms with Crippen molar-refractivity contribution >= 4 is 17.3 Å². The van der Waals surface area contributed by atoms with Crippen molar-refractivity contribution in [2.24, 2.45) is 0 Å². The van der Waals surface area contributed by atoms with E-state index in [1.165, 1.54) is 19.3 Å². The fourth-order valence-electron chi connectivity index (χ4n) is 2.64. The average Bonchev–Trinajstić information content (AvgIpc) is 2.64. The molecule has 4 heteroatoms. The van der Waals surface area contributed by atoms with Crippen molar-refractivity contribution in [2.75, 3.05) is 23.8 Å². The second-order valence-electron chi connectivity index (χ2n) is 6.65. The summed E-state index contributed by atoms with van der Waals surface area (Å²) in [4.78, 5) is 12.1. The quantitative estimate of drug-likeness (QED) is 0.568. The van der Waals surface area contributed by atoms with Crippen molar-refractivity contribution in [3.05, 3.63) is 53.6 Å². The first kappa shape index (κ1) is 19.8. The number of hydrogen-bond acceptors (Lipinski definition) is 3. The summed E-state index contributed by atoms with van der Waals surface area (Å²) in [6, 6.07) is 13.8. The molecule has 0 aliphatic heterocycles. The number of benzene rings is 2. The van der Waals surface area contributed by atoms with E-state index in [0.29, 0.717) is 0 Å². The molecule has 0 radical (unpaired) electrons. The molecule has 0 spiro atoms. The van der Waals surface area contributed by atoms with Crippen LogP contribution >= 0.6 is 0 Å². The van der Waals surface area contributed by atoms with Crippen LogP contribution in [0.25, 0.3) is 0 Å². The minimum Gasteiger partial charge on any atom is -0.494 e. The maximum atomic E-state index is 12.1. The second-order valence-corrected chi connectivity index (χ2v) is 6.65. The molecule has 0 aromatic heterocycles. The third kappa shape index (κ3) is 6.79. The molecule has 0 aliphatic carbocycles. The summed E-state index contributed by atoms with van der Waals surface area (Å²) in [5, 5.41) is 6.09. The van der Waals surface area contributed by atoms with Crippen molar-refractivity contribution in [2.45, 2.75) is 46.5 Å². The molecular formula is C22H30N2O2. The van der Waals surface area contributed by atoms with Crippen LogP contribution in [0.4, 0.5) is 11.4 Å². The van der Waals surface area contributed by atoms with Crippen molar-refractivity contribution in [1.82, 2.24) is 0 Å². The molecule has 0 heterocycles. The monoisotopic (exact) mass is 354 g/mol. The number of anilines is 2. The van der Waals surface area contributed by atoms with E-state index < -0.39 is 0 Å². The summed E-state index contributed by atoms with van der Waals surface area (Å²) < 4.78 is 5.73. The fraction of sp³-hybridized carbons (Fsp3) is 0.409. The second kappa shape index (κ2) is 10.5. The minimum absolute atomic E-state index is 0.0602. The maximum Gasteiger partial charge on any atom is 0.243 e. The summed E-state index contributed by atoms with van der Waals surface area (Å²) in [6.07, 6.45) is 4.80. The van der Waals surface area contributed by atoms with Crippen LogP contribution in [-0.2, 0) is 4.79 Å². The van der Waals surface area contributed by atoms with E-state index in [1.54, 1.807) is 0 Å². The molecule has 0 bridgehead atoms. The topological polar surface area (TPSA) is 50.4 Å². The molecule has 0 saturated heterocycles. The van der Waals surface area contributed by atoms with Crippen LogP contribution in [-0.4, -0.2) is 19.1 Å². The van der Waals surface area contributed by atoms with Gasteiger partial charge in [0.1, 0.15) is 5.75 Å². The Morgan fingerprint density at radius 2 is 1.77 bits per heavy atom. The molecule has 0 atom stereocenters. The molecule has 2 rings (SSSR count). The van der Waals surface area contributed by atoms with Crippen molar-refractivity contribution < 1.29 is 9.53 Å². The number of unbranched alkanes of at least 4 members (excludes halogenated alkanes) is 3. The molecule has 2 aromatic carbocycles. The molecule has 0 unspecified atom stereocenters. The van der Waals surface area contributed by atoms with Crippen LogP contribution in [0.2, 0.25) is 0 Å². The van der Waals surface area contributed by atoms with Gasteiger partial charge in [-0.15, -0.1) is 0 Å². The number of carbonyl (C=O) groups is 1. The van der Waals surface area contributed by atoms with Gasteiger partial charge < -0.3 is 15.4 Å². The van der Waals surface area contributed by atoms with Gasteiger partial charge in [0.15, 0.2) is 0 Å². The lowest BCUT2D eigenvalue weighted by atomic mass is 10.1. The molecule has 2 aromatic rings. The molecule has 1 amide bonds. The molecular weight excluding hydrogens is 324 g/mol. The Morgan fingerprint density at radius 3 is 2.50 bits per heavy atom. The number of rotatable bonds is 10. The summed E-state index contributed by atoms with van der Waals surface area (Å²) in [6.45, 7) is 7.19. The number of amides is 1. The number of hydrogen-bond donors (Lipinski definition) is 2. The lowest BCUT2D eigenvalue weighted by Gasteiger charge is -2.11. The van der Waals surface area contributed by atoms with Crippen molar-refractivity contribution in [1.29, 1.82) is 0 Å². The van der Waals surface area contributed by atoms with Gasteiger partial charge in [0, 0.05) is 11.4 Å². The first-order valence-corrected chi connectivity index (χ1v) is 9.42. The third-order valence-corrected chi connectivity index (χ3v) is 4.24. The van der Waals surface area contributed by atoms with Crippen LogP contribution in [0.15, 0.2) is 42.5 Å².